The Morgan fingerprint density at radius 2 is 1.55 bits per heavy atom. The van der Waals surface area contributed by atoms with Crippen molar-refractivity contribution in [3.8, 4) is 10.4 Å². The molecule has 0 amide bonds. The van der Waals surface area contributed by atoms with Gasteiger partial charge in [-0.2, -0.15) is 0 Å². The minimum atomic E-state index is 0.327. The van der Waals surface area contributed by atoms with Crippen LogP contribution in [0.1, 0.15) is 44.2 Å². The first-order chi connectivity index (χ1) is 10.7. The molecule has 2 N–H and O–H groups in total. The van der Waals surface area contributed by atoms with E-state index in [-0.39, 0.29) is 0 Å². The first-order valence-electron chi connectivity index (χ1n) is 8.54. The molecule has 6 rings (SSSR count). The number of rotatable bonds is 2. The predicted octanol–water partition coefficient (Wildman–Crippen LogP) is 4.86. The van der Waals surface area contributed by atoms with Gasteiger partial charge in [-0.05, 0) is 61.8 Å². The fraction of sp³-hybridized carbons (Fsp3) is 0.526. The summed E-state index contributed by atoms with van der Waals surface area (Å²) in [5.74, 6) is 2.83. The van der Waals surface area contributed by atoms with Crippen molar-refractivity contribution in [2.45, 2.75) is 43.9 Å². The number of hydrogen-bond donors (Lipinski definition) is 1. The molecule has 1 aromatic carbocycles. The van der Waals surface area contributed by atoms with Gasteiger partial charge in [-0.1, -0.05) is 41.7 Å². The lowest BCUT2D eigenvalue weighted by Crippen LogP contribution is -2.48. The fourth-order valence-electron chi connectivity index (χ4n) is 5.88. The molecule has 4 bridgehead atoms. The van der Waals surface area contributed by atoms with E-state index in [2.05, 4.69) is 30.3 Å². The van der Waals surface area contributed by atoms with Gasteiger partial charge in [0.25, 0.3) is 0 Å². The van der Waals surface area contributed by atoms with Crippen LogP contribution in [0.15, 0.2) is 30.3 Å². The zero-order valence-electron chi connectivity index (χ0n) is 12.8. The Labute approximate surface area is 135 Å². The highest BCUT2D eigenvalue weighted by atomic mass is 32.1. The van der Waals surface area contributed by atoms with Crippen LogP contribution in [0.4, 0.5) is 5.13 Å². The molecule has 114 valence electrons. The highest BCUT2D eigenvalue weighted by molar-refractivity contribution is 7.18. The van der Waals surface area contributed by atoms with E-state index in [0.29, 0.717) is 5.41 Å². The van der Waals surface area contributed by atoms with Gasteiger partial charge in [0.2, 0.25) is 0 Å². The number of nitrogens with zero attached hydrogens (tertiary/aromatic N) is 1. The van der Waals surface area contributed by atoms with Crippen LogP contribution in [-0.4, -0.2) is 4.98 Å². The minimum absolute atomic E-state index is 0.327. The van der Waals surface area contributed by atoms with E-state index < -0.39 is 0 Å². The number of hydrogen-bond acceptors (Lipinski definition) is 3. The number of nitrogen functional groups attached to an aromatic ring is 1. The van der Waals surface area contributed by atoms with Gasteiger partial charge >= 0.3 is 0 Å². The SMILES string of the molecule is Nc1nc(C23CC4CC(CC(C4)C2)C3)c(-c2ccccc2)s1. The third kappa shape index (κ3) is 1.88. The third-order valence-electron chi connectivity index (χ3n) is 6.22. The van der Waals surface area contributed by atoms with Gasteiger partial charge < -0.3 is 5.73 Å². The molecule has 4 aliphatic rings. The van der Waals surface area contributed by atoms with E-state index in [1.54, 1.807) is 11.3 Å². The van der Waals surface area contributed by atoms with Crippen molar-refractivity contribution in [2.24, 2.45) is 17.8 Å². The van der Waals surface area contributed by atoms with Gasteiger partial charge in [0.1, 0.15) is 0 Å². The number of thiazole rings is 1. The van der Waals surface area contributed by atoms with Crippen LogP contribution >= 0.6 is 11.3 Å². The van der Waals surface area contributed by atoms with E-state index >= 15 is 0 Å². The maximum Gasteiger partial charge on any atom is 0.180 e. The molecule has 4 aliphatic carbocycles. The van der Waals surface area contributed by atoms with E-state index in [1.807, 2.05) is 0 Å². The van der Waals surface area contributed by atoms with Crippen molar-refractivity contribution in [1.82, 2.24) is 4.98 Å². The van der Waals surface area contributed by atoms with Crippen LogP contribution in [0, 0.1) is 17.8 Å². The molecule has 2 aromatic rings. The molecular formula is C19H22N2S. The van der Waals surface area contributed by atoms with E-state index in [1.165, 1.54) is 54.7 Å². The summed E-state index contributed by atoms with van der Waals surface area (Å²) in [6.45, 7) is 0. The number of anilines is 1. The van der Waals surface area contributed by atoms with E-state index in [9.17, 15) is 0 Å². The van der Waals surface area contributed by atoms with Crippen molar-refractivity contribution >= 4 is 16.5 Å². The normalized spacial score (nSPS) is 35.9. The number of benzene rings is 1. The smallest absolute Gasteiger partial charge is 0.180 e. The van der Waals surface area contributed by atoms with E-state index in [4.69, 9.17) is 10.7 Å². The zero-order chi connectivity index (χ0) is 14.7. The van der Waals surface area contributed by atoms with Gasteiger partial charge in [-0.15, -0.1) is 0 Å². The second kappa shape index (κ2) is 4.58. The average molecular weight is 310 g/mol. The van der Waals surface area contributed by atoms with Crippen molar-refractivity contribution in [1.29, 1.82) is 0 Å². The summed E-state index contributed by atoms with van der Waals surface area (Å²) < 4.78 is 0. The van der Waals surface area contributed by atoms with Crippen LogP contribution in [0.3, 0.4) is 0 Å². The molecule has 1 aromatic heterocycles. The fourth-order valence-corrected chi connectivity index (χ4v) is 6.84. The van der Waals surface area contributed by atoms with Crippen LogP contribution in [0.25, 0.3) is 10.4 Å². The summed E-state index contributed by atoms with van der Waals surface area (Å²) in [4.78, 5) is 6.21. The third-order valence-corrected chi connectivity index (χ3v) is 7.15. The molecule has 0 radical (unpaired) electrons. The summed E-state index contributed by atoms with van der Waals surface area (Å²) in [5, 5.41) is 0.740. The van der Waals surface area contributed by atoms with Crippen LogP contribution < -0.4 is 5.73 Å². The summed E-state index contributed by atoms with van der Waals surface area (Å²) in [6, 6.07) is 10.7. The summed E-state index contributed by atoms with van der Waals surface area (Å²) in [5.41, 5.74) is 9.10. The Hall–Kier alpha value is -1.35. The van der Waals surface area contributed by atoms with Crippen LogP contribution in [0.5, 0.6) is 0 Å². The van der Waals surface area contributed by atoms with Gasteiger partial charge in [-0.25, -0.2) is 4.98 Å². The Bertz CT molecular complexity index is 668. The highest BCUT2D eigenvalue weighted by Crippen LogP contribution is 2.62. The predicted molar refractivity (Wildman–Crippen MR) is 91.8 cm³/mol. The molecule has 0 atom stereocenters. The number of nitrogens with two attached hydrogens (primary N) is 1. The monoisotopic (exact) mass is 310 g/mol. The van der Waals surface area contributed by atoms with Gasteiger partial charge in [0.05, 0.1) is 10.6 Å². The largest absolute Gasteiger partial charge is 0.375 e. The molecular weight excluding hydrogens is 288 g/mol. The Balaban J connectivity index is 1.64. The zero-order valence-corrected chi connectivity index (χ0v) is 13.6. The summed E-state index contributed by atoms with van der Waals surface area (Å²) in [7, 11) is 0. The second-order valence-electron chi connectivity index (χ2n) is 7.79. The maximum atomic E-state index is 6.14. The minimum Gasteiger partial charge on any atom is -0.375 e. The van der Waals surface area contributed by atoms with Gasteiger partial charge in [-0.3, -0.25) is 0 Å². The highest BCUT2D eigenvalue weighted by Gasteiger charge is 2.53. The summed E-state index contributed by atoms with van der Waals surface area (Å²) in [6.07, 6.45) is 8.46. The summed E-state index contributed by atoms with van der Waals surface area (Å²) >= 11 is 1.68. The van der Waals surface area contributed by atoms with Crippen LogP contribution in [-0.2, 0) is 5.41 Å². The van der Waals surface area contributed by atoms with Gasteiger partial charge in [0, 0.05) is 5.41 Å². The lowest BCUT2D eigenvalue weighted by molar-refractivity contribution is -0.00662. The Morgan fingerprint density at radius 3 is 2.14 bits per heavy atom. The Morgan fingerprint density at radius 1 is 0.955 bits per heavy atom. The standard InChI is InChI=1S/C19H22N2S/c20-18-21-17(16(22-18)15-4-2-1-3-5-15)19-9-12-6-13(10-19)8-14(7-12)11-19/h1-5,12-14H,6-11H2,(H2,20,21). The quantitative estimate of drug-likeness (QED) is 0.860. The maximum absolute atomic E-state index is 6.14. The van der Waals surface area contributed by atoms with Crippen molar-refractivity contribution < 1.29 is 0 Å². The average Bonchev–Trinajstić information content (AvgIpc) is 2.90. The molecule has 2 nitrogen and oxygen atoms in total. The first-order valence-corrected chi connectivity index (χ1v) is 9.36. The topological polar surface area (TPSA) is 38.9 Å². The molecule has 1 heterocycles. The Kier molecular flexibility index (Phi) is 2.73. The molecule has 4 saturated carbocycles. The van der Waals surface area contributed by atoms with E-state index in [0.717, 1.165) is 22.9 Å². The molecule has 0 aliphatic heterocycles. The number of aromatic nitrogens is 1. The molecule has 4 fully saturated rings. The molecule has 22 heavy (non-hydrogen) atoms. The van der Waals surface area contributed by atoms with Crippen molar-refractivity contribution in [2.75, 3.05) is 5.73 Å². The first kappa shape index (κ1) is 13.1. The molecule has 3 heteroatoms. The van der Waals surface area contributed by atoms with Gasteiger partial charge in [0.15, 0.2) is 5.13 Å². The lowest BCUT2D eigenvalue weighted by Gasteiger charge is -2.56. The van der Waals surface area contributed by atoms with Crippen molar-refractivity contribution in [3.63, 3.8) is 0 Å². The molecule has 0 unspecified atom stereocenters. The van der Waals surface area contributed by atoms with Crippen molar-refractivity contribution in [3.05, 3.63) is 36.0 Å². The molecule has 0 saturated heterocycles. The second-order valence-corrected chi connectivity index (χ2v) is 8.82. The molecule has 0 spiro atoms. The van der Waals surface area contributed by atoms with Crippen LogP contribution in [0.2, 0.25) is 0 Å². The lowest BCUT2D eigenvalue weighted by atomic mass is 9.48.